The van der Waals surface area contributed by atoms with Gasteiger partial charge in [0.25, 0.3) is 0 Å². The maximum atomic E-state index is 11.6. The summed E-state index contributed by atoms with van der Waals surface area (Å²) in [6, 6.07) is 0.245. The van der Waals surface area contributed by atoms with E-state index < -0.39 is 5.60 Å². The molecule has 1 fully saturated rings. The Hall–Kier alpha value is -0.990. The van der Waals surface area contributed by atoms with Gasteiger partial charge in [-0.25, -0.2) is 4.79 Å². The van der Waals surface area contributed by atoms with Gasteiger partial charge < -0.3 is 10.1 Å². The lowest BCUT2D eigenvalue weighted by molar-refractivity contribution is 0.0500. The Kier molecular flexibility index (Phi) is 4.39. The molecule has 0 heterocycles. The Balaban J connectivity index is 2.36. The third-order valence-electron chi connectivity index (χ3n) is 2.65. The van der Waals surface area contributed by atoms with Crippen LogP contribution < -0.4 is 5.32 Å². The fourth-order valence-corrected chi connectivity index (χ4v) is 1.86. The molecular weight excluding hydrogens is 202 g/mol. The second-order valence-corrected chi connectivity index (χ2v) is 5.52. The van der Waals surface area contributed by atoms with Crippen LogP contribution in [0.3, 0.4) is 0 Å². The van der Waals surface area contributed by atoms with Crippen molar-refractivity contribution < 1.29 is 9.53 Å². The molecule has 1 aliphatic carbocycles. The molecule has 92 valence electrons. The molecule has 0 aromatic carbocycles. The highest BCUT2D eigenvalue weighted by atomic mass is 16.6. The Bertz CT molecular complexity index is 266. The first-order valence-electron chi connectivity index (χ1n) is 6.03. The molecule has 1 rings (SSSR count). The first-order chi connectivity index (χ1) is 7.37. The van der Waals surface area contributed by atoms with E-state index in [1.54, 1.807) is 0 Å². The van der Waals surface area contributed by atoms with E-state index in [9.17, 15) is 4.79 Å². The zero-order valence-electron chi connectivity index (χ0n) is 10.6. The van der Waals surface area contributed by atoms with Gasteiger partial charge >= 0.3 is 6.09 Å². The number of alkyl carbamates (subject to hydrolysis) is 1. The van der Waals surface area contributed by atoms with Crippen molar-refractivity contribution in [3.05, 3.63) is 12.2 Å². The molecule has 3 nitrogen and oxygen atoms in total. The number of allylic oxidation sites excluding steroid dienone is 1. The number of rotatable bonds is 1. The Morgan fingerprint density at radius 3 is 2.69 bits per heavy atom. The fourth-order valence-electron chi connectivity index (χ4n) is 1.86. The van der Waals surface area contributed by atoms with Gasteiger partial charge in [-0.05, 0) is 52.9 Å². The van der Waals surface area contributed by atoms with Gasteiger partial charge in [0.1, 0.15) is 5.60 Å². The first kappa shape index (κ1) is 13.1. The molecule has 0 radical (unpaired) electrons. The minimum absolute atomic E-state index is 0.245. The van der Waals surface area contributed by atoms with Crippen molar-refractivity contribution in [1.82, 2.24) is 5.32 Å². The highest BCUT2D eigenvalue weighted by Crippen LogP contribution is 2.21. The maximum absolute atomic E-state index is 11.6. The van der Waals surface area contributed by atoms with E-state index in [4.69, 9.17) is 4.74 Å². The molecule has 1 atom stereocenters. The van der Waals surface area contributed by atoms with Crippen LogP contribution in [0.15, 0.2) is 12.2 Å². The standard InChI is InChI=1S/C13H23NO2/c1-10-6-5-7-11(9-8-10)14-12(15)16-13(2,3)4/h11H,1,5-9H2,2-4H3,(H,14,15). The van der Waals surface area contributed by atoms with E-state index in [0.717, 1.165) is 32.1 Å². The number of carbonyl (C=O) groups is 1. The van der Waals surface area contributed by atoms with Gasteiger partial charge in [-0.1, -0.05) is 12.2 Å². The zero-order valence-corrected chi connectivity index (χ0v) is 10.6. The summed E-state index contributed by atoms with van der Waals surface area (Å²) in [6.07, 6.45) is 4.92. The molecule has 3 heteroatoms. The molecular formula is C13H23NO2. The predicted octanol–water partition coefficient (Wildman–Crippen LogP) is 3.40. The second kappa shape index (κ2) is 5.37. The Morgan fingerprint density at radius 1 is 1.38 bits per heavy atom. The second-order valence-electron chi connectivity index (χ2n) is 5.52. The number of carbonyl (C=O) groups excluding carboxylic acids is 1. The van der Waals surface area contributed by atoms with Crippen molar-refractivity contribution in [3.63, 3.8) is 0 Å². The van der Waals surface area contributed by atoms with Crippen LogP contribution in [-0.2, 0) is 4.74 Å². The van der Waals surface area contributed by atoms with Crippen molar-refractivity contribution in [2.75, 3.05) is 0 Å². The van der Waals surface area contributed by atoms with E-state index in [2.05, 4.69) is 11.9 Å². The van der Waals surface area contributed by atoms with Gasteiger partial charge in [0, 0.05) is 6.04 Å². The van der Waals surface area contributed by atoms with E-state index in [0.29, 0.717) is 0 Å². The lowest BCUT2D eigenvalue weighted by Gasteiger charge is -2.22. The Labute approximate surface area is 98.2 Å². The van der Waals surface area contributed by atoms with Crippen LogP contribution in [0, 0.1) is 0 Å². The average molecular weight is 225 g/mol. The highest BCUT2D eigenvalue weighted by molar-refractivity contribution is 5.68. The van der Waals surface area contributed by atoms with Gasteiger partial charge in [-0.2, -0.15) is 0 Å². The lowest BCUT2D eigenvalue weighted by atomic mass is 10.1. The van der Waals surface area contributed by atoms with Crippen molar-refractivity contribution >= 4 is 6.09 Å². The number of ether oxygens (including phenoxy) is 1. The van der Waals surface area contributed by atoms with Crippen LogP contribution in [0.2, 0.25) is 0 Å². The van der Waals surface area contributed by atoms with E-state index in [1.165, 1.54) is 5.57 Å². The molecule has 1 saturated carbocycles. The number of hydrogen-bond donors (Lipinski definition) is 1. The summed E-state index contributed by atoms with van der Waals surface area (Å²) in [4.78, 5) is 11.6. The van der Waals surface area contributed by atoms with Crippen molar-refractivity contribution in [2.24, 2.45) is 0 Å². The summed E-state index contributed by atoms with van der Waals surface area (Å²) in [6.45, 7) is 9.63. The van der Waals surface area contributed by atoms with Gasteiger partial charge in [0.05, 0.1) is 0 Å². The van der Waals surface area contributed by atoms with Crippen LogP contribution in [0.25, 0.3) is 0 Å². The van der Waals surface area contributed by atoms with Crippen LogP contribution in [0.4, 0.5) is 4.79 Å². The smallest absolute Gasteiger partial charge is 0.407 e. The van der Waals surface area contributed by atoms with Gasteiger partial charge in [-0.3, -0.25) is 0 Å². The normalized spacial score (nSPS) is 22.4. The van der Waals surface area contributed by atoms with Gasteiger partial charge in [0.15, 0.2) is 0 Å². The molecule has 0 aromatic rings. The van der Waals surface area contributed by atoms with Crippen molar-refractivity contribution in [1.29, 1.82) is 0 Å². The summed E-state index contributed by atoms with van der Waals surface area (Å²) in [5.74, 6) is 0. The van der Waals surface area contributed by atoms with Crippen molar-refractivity contribution in [3.8, 4) is 0 Å². The Morgan fingerprint density at radius 2 is 2.06 bits per heavy atom. The minimum atomic E-state index is -0.418. The molecule has 0 spiro atoms. The quantitative estimate of drug-likeness (QED) is 0.548. The molecule has 1 N–H and O–H groups in total. The van der Waals surface area contributed by atoms with Gasteiger partial charge in [-0.15, -0.1) is 0 Å². The third-order valence-corrected chi connectivity index (χ3v) is 2.65. The molecule has 1 aliphatic rings. The first-order valence-corrected chi connectivity index (χ1v) is 6.03. The van der Waals surface area contributed by atoms with E-state index in [1.807, 2.05) is 20.8 Å². The molecule has 0 aromatic heterocycles. The zero-order chi connectivity index (χ0) is 12.2. The summed E-state index contributed by atoms with van der Waals surface area (Å²) >= 11 is 0. The van der Waals surface area contributed by atoms with Crippen LogP contribution in [-0.4, -0.2) is 17.7 Å². The third kappa shape index (κ3) is 5.19. The maximum Gasteiger partial charge on any atom is 0.407 e. The molecule has 0 aliphatic heterocycles. The van der Waals surface area contributed by atoms with E-state index in [-0.39, 0.29) is 12.1 Å². The molecule has 0 saturated heterocycles. The number of hydrogen-bond acceptors (Lipinski definition) is 2. The van der Waals surface area contributed by atoms with Crippen LogP contribution in [0.5, 0.6) is 0 Å². The highest BCUT2D eigenvalue weighted by Gasteiger charge is 2.20. The topological polar surface area (TPSA) is 38.3 Å². The number of amides is 1. The molecule has 16 heavy (non-hydrogen) atoms. The fraction of sp³-hybridized carbons (Fsp3) is 0.769. The molecule has 0 bridgehead atoms. The SMILES string of the molecule is C=C1CCCC(NC(=O)OC(C)(C)C)CC1. The molecule has 1 unspecified atom stereocenters. The van der Waals surface area contributed by atoms with Gasteiger partial charge in [0.2, 0.25) is 0 Å². The summed E-state index contributed by atoms with van der Waals surface area (Å²) in [5, 5.41) is 2.93. The summed E-state index contributed by atoms with van der Waals surface area (Å²) in [5.41, 5.74) is 0.881. The summed E-state index contributed by atoms with van der Waals surface area (Å²) < 4.78 is 5.24. The van der Waals surface area contributed by atoms with Crippen LogP contribution in [0.1, 0.15) is 52.9 Å². The summed E-state index contributed by atoms with van der Waals surface area (Å²) in [7, 11) is 0. The monoisotopic (exact) mass is 225 g/mol. The van der Waals surface area contributed by atoms with E-state index >= 15 is 0 Å². The average Bonchev–Trinajstić information content (AvgIpc) is 2.27. The molecule has 1 amide bonds. The lowest BCUT2D eigenvalue weighted by Crippen LogP contribution is -2.38. The number of nitrogens with one attached hydrogen (secondary N) is 1. The van der Waals surface area contributed by atoms with Crippen molar-refractivity contribution in [2.45, 2.75) is 64.5 Å². The largest absolute Gasteiger partial charge is 0.444 e. The minimum Gasteiger partial charge on any atom is -0.444 e. The predicted molar refractivity (Wildman–Crippen MR) is 65.4 cm³/mol. The van der Waals surface area contributed by atoms with Crippen LogP contribution >= 0.6 is 0 Å².